The molecule has 1 aromatic heterocycles. The van der Waals surface area contributed by atoms with E-state index >= 15 is 0 Å². The van der Waals surface area contributed by atoms with Crippen molar-refractivity contribution in [2.24, 2.45) is 0 Å². The van der Waals surface area contributed by atoms with Crippen molar-refractivity contribution in [1.82, 2.24) is 9.13 Å². The minimum absolute atomic E-state index is 0.0788. The molecule has 112 valence electrons. The smallest absolute Gasteiger partial charge is 0.331 e. The lowest BCUT2D eigenvalue weighted by molar-refractivity contribution is 0.351. The van der Waals surface area contributed by atoms with Crippen LogP contribution in [0.2, 0.25) is 0 Å². The van der Waals surface area contributed by atoms with Crippen LogP contribution in [0.5, 0.6) is 5.88 Å². The molecular weight excluding hydrogens is 260 g/mol. The van der Waals surface area contributed by atoms with E-state index in [9.17, 15) is 9.90 Å². The summed E-state index contributed by atoms with van der Waals surface area (Å²) in [4.78, 5) is 12.4. The molecule has 1 N–H and O–H groups in total. The molecule has 6 heteroatoms. The standard InChI is InChI=1S/C14H22N2O4/c1-2-3-4-5-12-13(17)16(7-11-9-20-11)14(18)15(12)6-10-8-19-10/h10-11,17H,2-9H2,1H3. The van der Waals surface area contributed by atoms with Gasteiger partial charge in [0.15, 0.2) is 0 Å². The van der Waals surface area contributed by atoms with E-state index in [2.05, 4.69) is 6.92 Å². The summed E-state index contributed by atoms with van der Waals surface area (Å²) in [6.07, 6.45) is 4.15. The number of imidazole rings is 1. The average Bonchev–Trinajstić information content (AvgIpc) is 3.32. The van der Waals surface area contributed by atoms with Crippen LogP contribution in [-0.2, 0) is 29.0 Å². The van der Waals surface area contributed by atoms with Gasteiger partial charge in [-0.2, -0.15) is 0 Å². The molecule has 2 aliphatic heterocycles. The summed E-state index contributed by atoms with van der Waals surface area (Å²) in [6, 6.07) is 0. The Kier molecular flexibility index (Phi) is 3.85. The average molecular weight is 282 g/mol. The van der Waals surface area contributed by atoms with Gasteiger partial charge in [0.25, 0.3) is 0 Å². The quantitative estimate of drug-likeness (QED) is 0.567. The zero-order valence-electron chi connectivity index (χ0n) is 11.9. The summed E-state index contributed by atoms with van der Waals surface area (Å²) in [5, 5.41) is 10.3. The van der Waals surface area contributed by atoms with E-state index in [0.717, 1.165) is 31.4 Å². The van der Waals surface area contributed by atoms with Gasteiger partial charge in [0, 0.05) is 0 Å². The van der Waals surface area contributed by atoms with Gasteiger partial charge in [0.1, 0.15) is 0 Å². The van der Waals surface area contributed by atoms with E-state index in [0.29, 0.717) is 26.3 Å². The van der Waals surface area contributed by atoms with Crippen LogP contribution in [0, 0.1) is 0 Å². The molecule has 0 radical (unpaired) electrons. The summed E-state index contributed by atoms with van der Waals surface area (Å²) in [5.41, 5.74) is 0.611. The molecule has 2 saturated heterocycles. The summed E-state index contributed by atoms with van der Waals surface area (Å²) in [6.45, 7) is 4.52. The molecule has 0 spiro atoms. The van der Waals surface area contributed by atoms with Crippen molar-refractivity contribution in [3.8, 4) is 5.88 Å². The summed E-state index contributed by atoms with van der Waals surface area (Å²) >= 11 is 0. The molecule has 0 aliphatic carbocycles. The first-order chi connectivity index (χ1) is 9.70. The topological polar surface area (TPSA) is 72.2 Å². The number of aromatic nitrogens is 2. The number of epoxide rings is 2. The van der Waals surface area contributed by atoms with Gasteiger partial charge < -0.3 is 14.6 Å². The van der Waals surface area contributed by atoms with E-state index < -0.39 is 0 Å². The van der Waals surface area contributed by atoms with Crippen molar-refractivity contribution in [2.75, 3.05) is 13.2 Å². The molecular formula is C14H22N2O4. The molecule has 1 aromatic rings. The molecule has 20 heavy (non-hydrogen) atoms. The van der Waals surface area contributed by atoms with Crippen molar-refractivity contribution in [3.63, 3.8) is 0 Å². The molecule has 2 unspecified atom stereocenters. The number of hydrogen-bond donors (Lipinski definition) is 1. The fourth-order valence-corrected chi connectivity index (χ4v) is 2.52. The molecule has 2 aliphatic rings. The Morgan fingerprint density at radius 1 is 1.15 bits per heavy atom. The lowest BCUT2D eigenvalue weighted by Crippen LogP contribution is -2.28. The molecule has 3 rings (SSSR count). The first-order valence-corrected chi connectivity index (χ1v) is 7.45. The summed E-state index contributed by atoms with van der Waals surface area (Å²) in [5.74, 6) is 0.113. The monoisotopic (exact) mass is 282 g/mol. The second-order valence-corrected chi connectivity index (χ2v) is 5.64. The predicted octanol–water partition coefficient (Wildman–Crippen LogP) is 0.886. The van der Waals surface area contributed by atoms with Crippen LogP contribution in [0.4, 0.5) is 0 Å². The van der Waals surface area contributed by atoms with Gasteiger partial charge in [-0.1, -0.05) is 19.8 Å². The Hall–Kier alpha value is -1.27. The molecule has 2 fully saturated rings. The molecule has 0 bridgehead atoms. The van der Waals surface area contributed by atoms with Gasteiger partial charge in [-0.3, -0.25) is 9.13 Å². The van der Waals surface area contributed by atoms with Crippen LogP contribution in [0.1, 0.15) is 31.9 Å². The van der Waals surface area contributed by atoms with Gasteiger partial charge in [-0.05, 0) is 12.8 Å². The lowest BCUT2D eigenvalue weighted by Gasteiger charge is -2.05. The Labute approximate surface area is 117 Å². The fourth-order valence-electron chi connectivity index (χ4n) is 2.52. The minimum atomic E-state index is -0.139. The van der Waals surface area contributed by atoms with E-state index in [-0.39, 0.29) is 23.8 Å². The number of nitrogens with zero attached hydrogens (tertiary/aromatic N) is 2. The maximum Gasteiger partial charge on any atom is 0.331 e. The zero-order chi connectivity index (χ0) is 14.1. The first kappa shape index (κ1) is 13.7. The van der Waals surface area contributed by atoms with Crippen LogP contribution >= 0.6 is 0 Å². The van der Waals surface area contributed by atoms with Crippen molar-refractivity contribution >= 4 is 0 Å². The highest BCUT2D eigenvalue weighted by atomic mass is 16.6. The van der Waals surface area contributed by atoms with Crippen LogP contribution in [0.15, 0.2) is 4.79 Å². The van der Waals surface area contributed by atoms with E-state index in [4.69, 9.17) is 9.47 Å². The van der Waals surface area contributed by atoms with Crippen LogP contribution in [-0.4, -0.2) is 39.7 Å². The van der Waals surface area contributed by atoms with Crippen LogP contribution < -0.4 is 5.69 Å². The Bertz CT molecular complexity index is 526. The maximum absolute atomic E-state index is 12.4. The third-order valence-corrected chi connectivity index (χ3v) is 3.90. The normalized spacial score (nSPS) is 24.1. The van der Waals surface area contributed by atoms with Crippen LogP contribution in [0.25, 0.3) is 0 Å². The Balaban J connectivity index is 1.84. The molecule has 0 amide bonds. The van der Waals surface area contributed by atoms with Gasteiger partial charge in [-0.25, -0.2) is 4.79 Å². The maximum atomic E-state index is 12.4. The summed E-state index contributed by atoms with van der Waals surface area (Å²) < 4.78 is 13.5. The molecule has 0 saturated carbocycles. The van der Waals surface area contributed by atoms with Gasteiger partial charge >= 0.3 is 5.69 Å². The van der Waals surface area contributed by atoms with Gasteiger partial charge in [0.2, 0.25) is 5.88 Å². The fraction of sp³-hybridized carbons (Fsp3) is 0.786. The van der Waals surface area contributed by atoms with Gasteiger partial charge in [-0.15, -0.1) is 0 Å². The second kappa shape index (κ2) is 5.61. The Morgan fingerprint density at radius 2 is 1.75 bits per heavy atom. The van der Waals surface area contributed by atoms with Crippen molar-refractivity contribution < 1.29 is 14.6 Å². The highest BCUT2D eigenvalue weighted by Crippen LogP contribution is 2.23. The van der Waals surface area contributed by atoms with E-state index in [1.165, 1.54) is 4.57 Å². The van der Waals surface area contributed by atoms with E-state index in [1.54, 1.807) is 4.57 Å². The first-order valence-electron chi connectivity index (χ1n) is 7.45. The number of rotatable bonds is 8. The number of hydrogen-bond acceptors (Lipinski definition) is 4. The Morgan fingerprint density at radius 3 is 2.30 bits per heavy atom. The number of unbranched alkanes of at least 4 members (excludes halogenated alkanes) is 2. The third-order valence-electron chi connectivity index (χ3n) is 3.90. The highest BCUT2D eigenvalue weighted by molar-refractivity contribution is 5.21. The number of ether oxygens (including phenoxy) is 2. The summed E-state index contributed by atoms with van der Waals surface area (Å²) in [7, 11) is 0. The van der Waals surface area contributed by atoms with Crippen LogP contribution in [0.3, 0.4) is 0 Å². The third kappa shape index (κ3) is 2.91. The van der Waals surface area contributed by atoms with Gasteiger partial charge in [0.05, 0.1) is 44.2 Å². The minimum Gasteiger partial charge on any atom is -0.493 e. The lowest BCUT2D eigenvalue weighted by atomic mass is 10.1. The van der Waals surface area contributed by atoms with Crippen molar-refractivity contribution in [3.05, 3.63) is 16.2 Å². The molecule has 3 heterocycles. The zero-order valence-corrected chi connectivity index (χ0v) is 11.9. The van der Waals surface area contributed by atoms with Crippen molar-refractivity contribution in [1.29, 1.82) is 0 Å². The molecule has 6 nitrogen and oxygen atoms in total. The molecule has 2 atom stereocenters. The second-order valence-electron chi connectivity index (χ2n) is 5.64. The van der Waals surface area contributed by atoms with Crippen molar-refractivity contribution in [2.45, 2.75) is 57.9 Å². The predicted molar refractivity (Wildman–Crippen MR) is 73.1 cm³/mol. The molecule has 0 aromatic carbocycles. The highest BCUT2D eigenvalue weighted by Gasteiger charge is 2.30. The largest absolute Gasteiger partial charge is 0.493 e. The SMILES string of the molecule is CCCCCc1c(O)n(CC2CO2)c(=O)n1CC1CO1. The number of aromatic hydroxyl groups is 1. The van der Waals surface area contributed by atoms with E-state index in [1.807, 2.05) is 0 Å².